The maximum Gasteiger partial charge on any atom is 0.306 e. The van der Waals surface area contributed by atoms with E-state index in [2.05, 4.69) is 0 Å². The summed E-state index contributed by atoms with van der Waals surface area (Å²) in [5.74, 6) is -0.223. The highest BCUT2D eigenvalue weighted by atomic mass is 32.2. The zero-order chi connectivity index (χ0) is 13.5. The van der Waals surface area contributed by atoms with E-state index in [0.717, 1.165) is 4.90 Å². The van der Waals surface area contributed by atoms with Crippen LogP contribution in [0.1, 0.15) is 20.3 Å². The largest absolute Gasteiger partial charge is 0.466 e. The number of hydrogen-bond acceptors (Lipinski definition) is 5. The first kappa shape index (κ1) is 14.5. The van der Waals surface area contributed by atoms with Crippen LogP contribution in [0, 0.1) is 10.1 Å². The van der Waals surface area contributed by atoms with E-state index in [4.69, 9.17) is 4.74 Å². The summed E-state index contributed by atoms with van der Waals surface area (Å²) >= 11 is 1.49. The van der Waals surface area contributed by atoms with Crippen molar-refractivity contribution in [3.8, 4) is 0 Å². The van der Waals surface area contributed by atoms with Crippen molar-refractivity contribution in [2.75, 3.05) is 6.61 Å². The van der Waals surface area contributed by atoms with Gasteiger partial charge in [0.15, 0.2) is 0 Å². The average Bonchev–Trinajstić information content (AvgIpc) is 2.29. The van der Waals surface area contributed by atoms with Gasteiger partial charge in [-0.15, -0.1) is 11.8 Å². The molecule has 0 radical (unpaired) electrons. The van der Waals surface area contributed by atoms with Gasteiger partial charge in [-0.25, -0.2) is 0 Å². The van der Waals surface area contributed by atoms with E-state index in [1.165, 1.54) is 23.9 Å². The third kappa shape index (κ3) is 4.75. The molecule has 1 unspecified atom stereocenters. The highest BCUT2D eigenvalue weighted by Gasteiger charge is 2.12. The molecule has 0 amide bonds. The molecule has 0 aromatic heterocycles. The van der Waals surface area contributed by atoms with Gasteiger partial charge < -0.3 is 4.74 Å². The Hall–Kier alpha value is -1.56. The van der Waals surface area contributed by atoms with Gasteiger partial charge in [0.25, 0.3) is 5.69 Å². The maximum absolute atomic E-state index is 11.3. The molecule has 5 nitrogen and oxygen atoms in total. The lowest BCUT2D eigenvalue weighted by Crippen LogP contribution is -2.10. The van der Waals surface area contributed by atoms with Crippen LogP contribution in [0.2, 0.25) is 0 Å². The molecule has 6 heteroatoms. The minimum absolute atomic E-state index is 0.0670. The van der Waals surface area contributed by atoms with Crippen molar-refractivity contribution in [3.63, 3.8) is 0 Å². The van der Waals surface area contributed by atoms with E-state index in [9.17, 15) is 14.9 Å². The van der Waals surface area contributed by atoms with Gasteiger partial charge in [-0.1, -0.05) is 6.92 Å². The number of nitro benzene ring substituents is 1. The van der Waals surface area contributed by atoms with Crippen LogP contribution < -0.4 is 0 Å². The molecule has 0 heterocycles. The quantitative estimate of drug-likeness (QED) is 0.343. The number of benzene rings is 1. The van der Waals surface area contributed by atoms with Gasteiger partial charge in [0.1, 0.15) is 0 Å². The molecule has 0 saturated heterocycles. The van der Waals surface area contributed by atoms with E-state index < -0.39 is 4.92 Å². The van der Waals surface area contributed by atoms with Gasteiger partial charge in [0, 0.05) is 22.3 Å². The number of ether oxygens (including phenoxy) is 1. The van der Waals surface area contributed by atoms with Crippen molar-refractivity contribution in [3.05, 3.63) is 34.4 Å². The van der Waals surface area contributed by atoms with Crippen molar-refractivity contribution < 1.29 is 14.5 Å². The van der Waals surface area contributed by atoms with Gasteiger partial charge >= 0.3 is 5.97 Å². The number of nitro groups is 1. The van der Waals surface area contributed by atoms with Crippen LogP contribution in [0.5, 0.6) is 0 Å². The normalized spacial score (nSPS) is 11.9. The second-order valence-corrected chi connectivity index (χ2v) is 5.20. The molecular weight excluding hydrogens is 254 g/mol. The minimum atomic E-state index is -0.434. The third-order valence-corrected chi connectivity index (χ3v) is 3.26. The lowest BCUT2D eigenvalue weighted by Gasteiger charge is -2.10. The fraction of sp³-hybridized carbons (Fsp3) is 0.417. The van der Waals surface area contributed by atoms with Gasteiger partial charge in [-0.05, 0) is 19.1 Å². The molecule has 0 fully saturated rings. The van der Waals surface area contributed by atoms with E-state index in [1.807, 2.05) is 6.92 Å². The number of esters is 1. The molecule has 0 N–H and O–H groups in total. The third-order valence-electron chi connectivity index (χ3n) is 2.14. The summed E-state index contributed by atoms with van der Waals surface area (Å²) in [4.78, 5) is 22.2. The van der Waals surface area contributed by atoms with E-state index in [1.54, 1.807) is 19.1 Å². The fourth-order valence-electron chi connectivity index (χ4n) is 1.38. The van der Waals surface area contributed by atoms with Crippen molar-refractivity contribution in [2.45, 2.75) is 30.4 Å². The number of non-ortho nitro benzene ring substituents is 1. The maximum atomic E-state index is 11.3. The van der Waals surface area contributed by atoms with Crippen LogP contribution in [0.25, 0.3) is 0 Å². The molecular formula is C12H15NO4S. The first-order chi connectivity index (χ1) is 8.52. The Balaban J connectivity index is 2.51. The highest BCUT2D eigenvalue weighted by molar-refractivity contribution is 8.00. The Kier molecular flexibility index (Phi) is 5.64. The van der Waals surface area contributed by atoms with E-state index in [0.29, 0.717) is 13.0 Å². The molecule has 1 rings (SSSR count). The first-order valence-corrected chi connectivity index (χ1v) is 6.47. The summed E-state index contributed by atoms with van der Waals surface area (Å²) in [5.41, 5.74) is 0.0670. The summed E-state index contributed by atoms with van der Waals surface area (Å²) in [5, 5.41) is 10.6. The first-order valence-electron chi connectivity index (χ1n) is 5.59. The Morgan fingerprint density at radius 3 is 2.56 bits per heavy atom. The standard InChI is InChI=1S/C12H15NO4S/c1-3-17-12(14)8-9(2)18-11-6-4-10(5-7-11)13(15)16/h4-7,9H,3,8H2,1-2H3. The van der Waals surface area contributed by atoms with Crippen LogP contribution in [-0.4, -0.2) is 22.7 Å². The van der Waals surface area contributed by atoms with Gasteiger partial charge in [-0.3, -0.25) is 14.9 Å². The van der Waals surface area contributed by atoms with Crippen LogP contribution in [0.15, 0.2) is 29.2 Å². The van der Waals surface area contributed by atoms with Crippen molar-refractivity contribution >= 4 is 23.4 Å². The second-order valence-electron chi connectivity index (χ2n) is 3.69. The zero-order valence-electron chi connectivity index (χ0n) is 10.3. The zero-order valence-corrected chi connectivity index (χ0v) is 11.1. The lowest BCUT2D eigenvalue weighted by atomic mass is 10.3. The Labute approximate surface area is 110 Å². The molecule has 1 aromatic rings. The summed E-state index contributed by atoms with van der Waals surface area (Å²) < 4.78 is 4.86. The summed E-state index contributed by atoms with van der Waals surface area (Å²) in [6.45, 7) is 4.07. The molecule has 0 aliphatic carbocycles. The summed E-state index contributed by atoms with van der Waals surface area (Å²) in [7, 11) is 0. The highest BCUT2D eigenvalue weighted by Crippen LogP contribution is 2.27. The predicted molar refractivity (Wildman–Crippen MR) is 69.7 cm³/mol. The smallest absolute Gasteiger partial charge is 0.306 e. The molecule has 0 saturated carbocycles. The number of thioether (sulfide) groups is 1. The summed E-state index contributed by atoms with van der Waals surface area (Å²) in [6.07, 6.45) is 0.329. The van der Waals surface area contributed by atoms with E-state index in [-0.39, 0.29) is 16.9 Å². The Bertz CT molecular complexity index is 419. The number of nitrogens with zero attached hydrogens (tertiary/aromatic N) is 1. The van der Waals surface area contributed by atoms with Crippen molar-refractivity contribution in [2.24, 2.45) is 0 Å². The fourth-order valence-corrected chi connectivity index (χ4v) is 2.35. The van der Waals surface area contributed by atoms with Gasteiger partial charge in [0.2, 0.25) is 0 Å². The molecule has 1 aromatic carbocycles. The average molecular weight is 269 g/mol. The number of rotatable bonds is 6. The molecule has 0 bridgehead atoms. The van der Waals surface area contributed by atoms with E-state index >= 15 is 0 Å². The van der Waals surface area contributed by atoms with Crippen molar-refractivity contribution in [1.82, 2.24) is 0 Å². The molecule has 1 atom stereocenters. The Morgan fingerprint density at radius 2 is 2.06 bits per heavy atom. The topological polar surface area (TPSA) is 69.4 Å². The van der Waals surface area contributed by atoms with Crippen LogP contribution >= 0.6 is 11.8 Å². The van der Waals surface area contributed by atoms with Crippen molar-refractivity contribution in [1.29, 1.82) is 0 Å². The van der Waals surface area contributed by atoms with Crippen LogP contribution in [-0.2, 0) is 9.53 Å². The molecule has 0 aliphatic heterocycles. The molecule has 0 spiro atoms. The van der Waals surface area contributed by atoms with Gasteiger partial charge in [0.05, 0.1) is 18.0 Å². The monoisotopic (exact) mass is 269 g/mol. The lowest BCUT2D eigenvalue weighted by molar-refractivity contribution is -0.384. The number of hydrogen-bond donors (Lipinski definition) is 0. The molecule has 18 heavy (non-hydrogen) atoms. The Morgan fingerprint density at radius 1 is 1.44 bits per heavy atom. The van der Waals surface area contributed by atoms with Gasteiger partial charge in [-0.2, -0.15) is 0 Å². The minimum Gasteiger partial charge on any atom is -0.466 e. The summed E-state index contributed by atoms with van der Waals surface area (Å²) in [6, 6.07) is 6.29. The molecule has 98 valence electrons. The number of carbonyl (C=O) groups is 1. The molecule has 0 aliphatic rings. The number of carbonyl (C=O) groups excluding carboxylic acids is 1. The SMILES string of the molecule is CCOC(=O)CC(C)Sc1ccc([N+](=O)[O-])cc1. The van der Waals surface area contributed by atoms with Crippen LogP contribution in [0.3, 0.4) is 0 Å². The predicted octanol–water partition coefficient (Wildman–Crippen LogP) is 3.03. The second kappa shape index (κ2) is 7.00. The van der Waals surface area contributed by atoms with Crippen LogP contribution in [0.4, 0.5) is 5.69 Å².